The average molecular weight is 488 g/mol. The van der Waals surface area contributed by atoms with E-state index in [1.807, 2.05) is 39.1 Å². The second kappa shape index (κ2) is 10.8. The van der Waals surface area contributed by atoms with Crippen molar-refractivity contribution in [3.8, 4) is 11.1 Å². The molecular formula is C27H38FNO4Si. The second-order valence-electron chi connectivity index (χ2n) is 10.7. The quantitative estimate of drug-likeness (QED) is 0.408. The van der Waals surface area contributed by atoms with Gasteiger partial charge in [-0.05, 0) is 78.9 Å². The fourth-order valence-corrected chi connectivity index (χ4v) is 5.07. The summed E-state index contributed by atoms with van der Waals surface area (Å²) < 4.78 is 20.1. The van der Waals surface area contributed by atoms with Gasteiger partial charge < -0.3 is 14.8 Å². The van der Waals surface area contributed by atoms with Gasteiger partial charge in [-0.3, -0.25) is 9.59 Å². The van der Waals surface area contributed by atoms with E-state index in [0.29, 0.717) is 5.56 Å². The van der Waals surface area contributed by atoms with Crippen LogP contribution in [0.2, 0.25) is 18.1 Å². The van der Waals surface area contributed by atoms with Crippen molar-refractivity contribution >= 4 is 20.2 Å². The summed E-state index contributed by atoms with van der Waals surface area (Å²) in [7, 11) is -2.24. The van der Waals surface area contributed by atoms with Crippen molar-refractivity contribution in [3.05, 3.63) is 58.4 Å². The lowest BCUT2D eigenvalue weighted by molar-refractivity contribution is -0.139. The van der Waals surface area contributed by atoms with Gasteiger partial charge in [0.2, 0.25) is 5.91 Å². The highest BCUT2D eigenvalue weighted by Gasteiger charge is 2.40. The number of carbonyl (C=O) groups excluding carboxylic acids is 1. The van der Waals surface area contributed by atoms with Gasteiger partial charge in [0.05, 0.1) is 18.9 Å². The van der Waals surface area contributed by atoms with E-state index in [4.69, 9.17) is 4.43 Å². The molecule has 186 valence electrons. The van der Waals surface area contributed by atoms with Crippen LogP contribution in [0.25, 0.3) is 11.1 Å². The summed E-state index contributed by atoms with van der Waals surface area (Å²) in [5.74, 6) is -1.50. The number of amides is 1. The molecule has 7 heteroatoms. The molecule has 0 saturated heterocycles. The van der Waals surface area contributed by atoms with Crippen LogP contribution in [0.3, 0.4) is 0 Å². The van der Waals surface area contributed by atoms with E-state index in [1.165, 1.54) is 6.07 Å². The first kappa shape index (κ1) is 27.7. The van der Waals surface area contributed by atoms with E-state index in [0.717, 1.165) is 27.8 Å². The van der Waals surface area contributed by atoms with Crippen LogP contribution in [-0.4, -0.2) is 31.4 Å². The van der Waals surface area contributed by atoms with Crippen molar-refractivity contribution in [2.45, 2.75) is 85.2 Å². The van der Waals surface area contributed by atoms with Crippen LogP contribution in [0.15, 0.2) is 30.3 Å². The van der Waals surface area contributed by atoms with Gasteiger partial charge in [-0.1, -0.05) is 44.5 Å². The van der Waals surface area contributed by atoms with E-state index < -0.39 is 20.4 Å². The Morgan fingerprint density at radius 2 is 1.71 bits per heavy atom. The number of nitrogens with one attached hydrogen (secondary N) is 1. The van der Waals surface area contributed by atoms with Gasteiger partial charge in [-0.2, -0.15) is 0 Å². The number of carboxylic acid groups (broad SMARTS) is 1. The molecule has 0 spiro atoms. The van der Waals surface area contributed by atoms with Gasteiger partial charge in [0.15, 0.2) is 8.32 Å². The minimum Gasteiger partial charge on any atom is -0.481 e. The van der Waals surface area contributed by atoms with Crippen molar-refractivity contribution in [1.82, 2.24) is 5.32 Å². The highest BCUT2D eigenvalue weighted by Crippen LogP contribution is 2.38. The molecule has 1 unspecified atom stereocenters. The maximum Gasteiger partial charge on any atom is 0.305 e. The van der Waals surface area contributed by atoms with Gasteiger partial charge in [0.25, 0.3) is 0 Å². The SMILES string of the molecule is Cc1cc(C)c(CNC(=O)CC(CC(=O)O)O[Si](C)(C)C(C)(C)C)c(-c2ccc(F)c(C)c2)c1. The Kier molecular flexibility index (Phi) is 8.83. The van der Waals surface area contributed by atoms with Gasteiger partial charge in [0.1, 0.15) is 5.82 Å². The zero-order valence-electron chi connectivity index (χ0n) is 21.6. The van der Waals surface area contributed by atoms with Gasteiger partial charge >= 0.3 is 5.97 Å². The Balaban J connectivity index is 2.22. The number of carbonyl (C=O) groups is 2. The number of hydrogen-bond acceptors (Lipinski definition) is 3. The third-order valence-corrected chi connectivity index (χ3v) is 11.2. The zero-order valence-corrected chi connectivity index (χ0v) is 22.6. The number of aryl methyl sites for hydroxylation is 3. The van der Waals surface area contributed by atoms with Gasteiger partial charge in [-0.15, -0.1) is 0 Å². The van der Waals surface area contributed by atoms with Crippen LogP contribution in [-0.2, 0) is 20.6 Å². The van der Waals surface area contributed by atoms with Crippen LogP contribution in [0.5, 0.6) is 0 Å². The van der Waals surface area contributed by atoms with Crippen LogP contribution in [0.4, 0.5) is 4.39 Å². The van der Waals surface area contributed by atoms with Crippen molar-refractivity contribution in [2.75, 3.05) is 0 Å². The standard InChI is InChI=1S/C27H38FNO4Si/c1-17-11-18(2)23(22(12-17)20-9-10-24(28)19(3)13-20)16-29-25(30)14-21(15-26(31)32)33-34(7,8)27(4,5)6/h9-13,21H,14-16H2,1-8H3,(H,29,30)(H,31,32). The summed E-state index contributed by atoms with van der Waals surface area (Å²) in [5.41, 5.74) is 5.45. The highest BCUT2D eigenvalue weighted by molar-refractivity contribution is 6.74. The lowest BCUT2D eigenvalue weighted by Crippen LogP contribution is -2.45. The molecular weight excluding hydrogens is 449 g/mol. The zero-order chi connectivity index (χ0) is 25.8. The molecule has 5 nitrogen and oxygen atoms in total. The molecule has 0 aliphatic heterocycles. The smallest absolute Gasteiger partial charge is 0.305 e. The van der Waals surface area contributed by atoms with Crippen molar-refractivity contribution in [1.29, 1.82) is 0 Å². The predicted octanol–water partition coefficient (Wildman–Crippen LogP) is 6.29. The van der Waals surface area contributed by atoms with Gasteiger partial charge in [-0.25, -0.2) is 4.39 Å². The van der Waals surface area contributed by atoms with Crippen molar-refractivity contribution in [2.24, 2.45) is 0 Å². The Bertz CT molecular complexity index is 1060. The Hall–Kier alpha value is -2.51. The first-order valence-corrected chi connectivity index (χ1v) is 14.5. The number of hydrogen-bond donors (Lipinski definition) is 2. The third kappa shape index (κ3) is 7.24. The van der Waals surface area contributed by atoms with Crippen LogP contribution in [0.1, 0.15) is 55.9 Å². The monoisotopic (exact) mass is 487 g/mol. The maximum atomic E-state index is 13.8. The fraction of sp³-hybridized carbons (Fsp3) is 0.481. The van der Waals surface area contributed by atoms with Crippen LogP contribution < -0.4 is 5.32 Å². The molecule has 2 aromatic rings. The molecule has 0 saturated carbocycles. The minimum absolute atomic E-state index is 0.0191. The molecule has 2 aromatic carbocycles. The van der Waals surface area contributed by atoms with Crippen LogP contribution >= 0.6 is 0 Å². The Morgan fingerprint density at radius 3 is 2.26 bits per heavy atom. The lowest BCUT2D eigenvalue weighted by atomic mass is 9.92. The molecule has 34 heavy (non-hydrogen) atoms. The summed E-state index contributed by atoms with van der Waals surface area (Å²) in [6.07, 6.45) is -0.921. The van der Waals surface area contributed by atoms with Gasteiger partial charge in [0, 0.05) is 6.54 Å². The summed E-state index contributed by atoms with van der Waals surface area (Å²) in [4.78, 5) is 24.3. The topological polar surface area (TPSA) is 75.6 Å². The number of aliphatic carboxylic acids is 1. The molecule has 0 aliphatic carbocycles. The minimum atomic E-state index is -2.24. The summed E-state index contributed by atoms with van der Waals surface area (Å²) in [5, 5.41) is 12.2. The predicted molar refractivity (Wildman–Crippen MR) is 137 cm³/mol. The van der Waals surface area contributed by atoms with E-state index in [9.17, 15) is 19.1 Å². The van der Waals surface area contributed by atoms with Crippen LogP contribution in [0, 0.1) is 26.6 Å². The van der Waals surface area contributed by atoms with E-state index in [2.05, 4.69) is 32.2 Å². The number of benzene rings is 2. The van der Waals surface area contributed by atoms with Crippen molar-refractivity contribution < 1.29 is 23.5 Å². The Labute approximate surface area is 203 Å². The van der Waals surface area contributed by atoms with E-state index in [1.54, 1.807) is 13.0 Å². The molecule has 2 rings (SSSR count). The molecule has 0 fully saturated rings. The van der Waals surface area contributed by atoms with E-state index in [-0.39, 0.29) is 36.1 Å². The first-order chi connectivity index (χ1) is 15.6. The normalized spacial score (nSPS) is 13.0. The molecule has 0 bridgehead atoms. The molecule has 0 radical (unpaired) electrons. The highest BCUT2D eigenvalue weighted by atomic mass is 28.4. The molecule has 2 N–H and O–H groups in total. The van der Waals surface area contributed by atoms with Crippen molar-refractivity contribution in [3.63, 3.8) is 0 Å². The third-order valence-electron chi connectivity index (χ3n) is 6.63. The fourth-order valence-electron chi connectivity index (χ4n) is 3.71. The Morgan fingerprint density at radius 1 is 1.06 bits per heavy atom. The maximum absolute atomic E-state index is 13.8. The summed E-state index contributed by atoms with van der Waals surface area (Å²) in [6, 6.07) is 9.10. The molecule has 1 amide bonds. The number of rotatable bonds is 9. The average Bonchev–Trinajstić information content (AvgIpc) is 2.67. The molecule has 1 atom stereocenters. The number of halogens is 1. The molecule has 0 aliphatic rings. The molecule has 0 heterocycles. The summed E-state index contributed by atoms with van der Waals surface area (Å²) in [6.45, 7) is 16.3. The molecule has 0 aromatic heterocycles. The lowest BCUT2D eigenvalue weighted by Gasteiger charge is -2.39. The van der Waals surface area contributed by atoms with E-state index >= 15 is 0 Å². The largest absolute Gasteiger partial charge is 0.481 e. The summed E-state index contributed by atoms with van der Waals surface area (Å²) >= 11 is 0. The second-order valence-corrected chi connectivity index (χ2v) is 15.4. The first-order valence-electron chi connectivity index (χ1n) is 11.6. The number of carboxylic acids is 1.